The molecule has 4 nitrogen and oxygen atoms in total. The van der Waals surface area contributed by atoms with E-state index in [4.69, 9.17) is 9.47 Å². The van der Waals surface area contributed by atoms with Gasteiger partial charge in [-0.2, -0.15) is 0 Å². The van der Waals surface area contributed by atoms with E-state index in [2.05, 4.69) is 10.2 Å². The first kappa shape index (κ1) is 10.9. The van der Waals surface area contributed by atoms with E-state index in [0.717, 1.165) is 39.4 Å². The lowest BCUT2D eigenvalue weighted by Crippen LogP contribution is -2.51. The van der Waals surface area contributed by atoms with E-state index in [1.54, 1.807) is 14.2 Å². The van der Waals surface area contributed by atoms with Crippen LogP contribution in [0.25, 0.3) is 0 Å². The number of piperazine rings is 1. The highest BCUT2D eigenvalue weighted by Gasteiger charge is 2.19. The molecule has 0 amide bonds. The van der Waals surface area contributed by atoms with E-state index in [-0.39, 0.29) is 0 Å². The summed E-state index contributed by atoms with van der Waals surface area (Å²) in [6, 6.07) is 0.414. The van der Waals surface area contributed by atoms with Crippen molar-refractivity contribution in [2.45, 2.75) is 6.04 Å². The molecule has 0 aromatic heterocycles. The van der Waals surface area contributed by atoms with Gasteiger partial charge in [-0.05, 0) is 0 Å². The van der Waals surface area contributed by atoms with Gasteiger partial charge in [-0.15, -0.1) is 0 Å². The number of hydrogen-bond donors (Lipinski definition) is 1. The second-order valence-electron chi connectivity index (χ2n) is 3.35. The molecule has 0 atom stereocenters. The topological polar surface area (TPSA) is 33.7 Å². The molecule has 0 spiro atoms. The lowest BCUT2D eigenvalue weighted by Gasteiger charge is -2.34. The summed E-state index contributed by atoms with van der Waals surface area (Å²) in [6.07, 6.45) is 0. The highest BCUT2D eigenvalue weighted by Crippen LogP contribution is 2.02. The van der Waals surface area contributed by atoms with Crippen molar-refractivity contribution in [3.8, 4) is 0 Å². The molecule has 0 aliphatic carbocycles. The molecule has 1 heterocycles. The van der Waals surface area contributed by atoms with Crippen molar-refractivity contribution in [1.82, 2.24) is 10.2 Å². The standard InChI is InChI=1S/C9H20N2O2/c1-12-7-9(8-13-2)11-5-3-10-4-6-11/h9-10H,3-8H2,1-2H3. The van der Waals surface area contributed by atoms with Gasteiger partial charge in [0.2, 0.25) is 0 Å². The van der Waals surface area contributed by atoms with Crippen molar-refractivity contribution >= 4 is 0 Å². The molecule has 1 fully saturated rings. The fourth-order valence-electron chi connectivity index (χ4n) is 1.69. The molecule has 78 valence electrons. The average molecular weight is 188 g/mol. The van der Waals surface area contributed by atoms with Gasteiger partial charge >= 0.3 is 0 Å². The minimum Gasteiger partial charge on any atom is -0.383 e. The summed E-state index contributed by atoms with van der Waals surface area (Å²) in [5.74, 6) is 0. The Balaban J connectivity index is 2.32. The van der Waals surface area contributed by atoms with Crippen LogP contribution in [0.1, 0.15) is 0 Å². The van der Waals surface area contributed by atoms with Gasteiger partial charge in [0.15, 0.2) is 0 Å². The SMILES string of the molecule is COCC(COC)N1CCNCC1. The van der Waals surface area contributed by atoms with Gasteiger partial charge < -0.3 is 14.8 Å². The Hall–Kier alpha value is -0.160. The maximum atomic E-state index is 5.17. The Morgan fingerprint density at radius 3 is 2.15 bits per heavy atom. The lowest BCUT2D eigenvalue weighted by molar-refractivity contribution is 0.0303. The van der Waals surface area contributed by atoms with Crippen molar-refractivity contribution in [3.05, 3.63) is 0 Å². The van der Waals surface area contributed by atoms with Crippen LogP contribution in [-0.2, 0) is 9.47 Å². The van der Waals surface area contributed by atoms with Crippen LogP contribution in [0.15, 0.2) is 0 Å². The normalized spacial score (nSPS) is 19.6. The fraction of sp³-hybridized carbons (Fsp3) is 1.00. The van der Waals surface area contributed by atoms with Gasteiger partial charge in [-0.25, -0.2) is 0 Å². The Kier molecular flexibility index (Phi) is 5.31. The molecule has 1 aliphatic heterocycles. The quantitative estimate of drug-likeness (QED) is 0.634. The second kappa shape index (κ2) is 6.32. The van der Waals surface area contributed by atoms with Gasteiger partial charge in [0.05, 0.1) is 19.3 Å². The third kappa shape index (κ3) is 3.60. The summed E-state index contributed by atoms with van der Waals surface area (Å²) < 4.78 is 10.3. The van der Waals surface area contributed by atoms with Crippen molar-refractivity contribution < 1.29 is 9.47 Å². The van der Waals surface area contributed by atoms with Crippen LogP contribution in [0.3, 0.4) is 0 Å². The molecule has 4 heteroatoms. The summed E-state index contributed by atoms with van der Waals surface area (Å²) in [5, 5.41) is 3.33. The Bertz CT molecular complexity index is 121. The molecule has 1 saturated heterocycles. The van der Waals surface area contributed by atoms with Crippen LogP contribution in [0.5, 0.6) is 0 Å². The molecule has 0 radical (unpaired) electrons. The minimum atomic E-state index is 0.414. The number of hydrogen-bond acceptors (Lipinski definition) is 4. The third-order valence-electron chi connectivity index (χ3n) is 2.39. The number of ether oxygens (including phenoxy) is 2. The van der Waals surface area contributed by atoms with E-state index < -0.39 is 0 Å². The Morgan fingerprint density at radius 1 is 1.15 bits per heavy atom. The fourth-order valence-corrected chi connectivity index (χ4v) is 1.69. The predicted octanol–water partition coefficient (Wildman–Crippen LogP) is -0.447. The highest BCUT2D eigenvalue weighted by atomic mass is 16.5. The molecule has 0 aromatic carbocycles. The van der Waals surface area contributed by atoms with Crippen molar-refractivity contribution in [2.75, 3.05) is 53.6 Å². The molecule has 13 heavy (non-hydrogen) atoms. The summed E-state index contributed by atoms with van der Waals surface area (Å²) in [6.45, 7) is 5.85. The number of nitrogens with one attached hydrogen (secondary N) is 1. The van der Waals surface area contributed by atoms with Gasteiger partial charge in [0.25, 0.3) is 0 Å². The van der Waals surface area contributed by atoms with Gasteiger partial charge in [-0.3, -0.25) is 4.90 Å². The molecular formula is C9H20N2O2. The molecular weight excluding hydrogens is 168 g/mol. The Morgan fingerprint density at radius 2 is 1.69 bits per heavy atom. The summed E-state index contributed by atoms with van der Waals surface area (Å²) in [4.78, 5) is 2.42. The van der Waals surface area contributed by atoms with Crippen LogP contribution in [0.2, 0.25) is 0 Å². The third-order valence-corrected chi connectivity index (χ3v) is 2.39. The molecule has 0 unspecified atom stereocenters. The van der Waals surface area contributed by atoms with E-state index in [9.17, 15) is 0 Å². The molecule has 1 N–H and O–H groups in total. The zero-order valence-corrected chi connectivity index (χ0v) is 8.58. The first-order valence-electron chi connectivity index (χ1n) is 4.81. The summed E-state index contributed by atoms with van der Waals surface area (Å²) in [5.41, 5.74) is 0. The minimum absolute atomic E-state index is 0.414. The van der Waals surface area contributed by atoms with E-state index >= 15 is 0 Å². The van der Waals surface area contributed by atoms with E-state index in [1.165, 1.54) is 0 Å². The van der Waals surface area contributed by atoms with Crippen molar-refractivity contribution in [2.24, 2.45) is 0 Å². The molecule has 0 saturated carbocycles. The first-order chi connectivity index (χ1) is 6.38. The van der Waals surface area contributed by atoms with E-state index in [1.807, 2.05) is 0 Å². The first-order valence-corrected chi connectivity index (χ1v) is 4.81. The monoisotopic (exact) mass is 188 g/mol. The van der Waals surface area contributed by atoms with Crippen LogP contribution in [0.4, 0.5) is 0 Å². The van der Waals surface area contributed by atoms with Gasteiger partial charge in [-0.1, -0.05) is 0 Å². The maximum Gasteiger partial charge on any atom is 0.0640 e. The molecule has 0 bridgehead atoms. The predicted molar refractivity (Wildman–Crippen MR) is 52.0 cm³/mol. The second-order valence-corrected chi connectivity index (χ2v) is 3.35. The Labute approximate surface area is 80.2 Å². The van der Waals surface area contributed by atoms with Gasteiger partial charge in [0.1, 0.15) is 0 Å². The van der Waals surface area contributed by atoms with E-state index in [0.29, 0.717) is 6.04 Å². The lowest BCUT2D eigenvalue weighted by atomic mass is 10.2. The summed E-state index contributed by atoms with van der Waals surface area (Å²) >= 11 is 0. The smallest absolute Gasteiger partial charge is 0.0640 e. The molecule has 1 aliphatic rings. The zero-order valence-electron chi connectivity index (χ0n) is 8.58. The number of methoxy groups -OCH3 is 2. The van der Waals surface area contributed by atoms with Gasteiger partial charge in [0, 0.05) is 40.4 Å². The zero-order chi connectivity index (χ0) is 9.52. The summed E-state index contributed by atoms with van der Waals surface area (Å²) in [7, 11) is 3.48. The largest absolute Gasteiger partial charge is 0.383 e. The number of rotatable bonds is 5. The van der Waals surface area contributed by atoms with Crippen LogP contribution in [-0.4, -0.2) is 64.6 Å². The molecule has 0 aromatic rings. The molecule has 1 rings (SSSR count). The highest BCUT2D eigenvalue weighted by molar-refractivity contribution is 4.76. The van der Waals surface area contributed by atoms with Crippen molar-refractivity contribution in [3.63, 3.8) is 0 Å². The van der Waals surface area contributed by atoms with Crippen molar-refractivity contribution in [1.29, 1.82) is 0 Å². The van der Waals surface area contributed by atoms with Crippen LogP contribution >= 0.6 is 0 Å². The maximum absolute atomic E-state index is 5.17. The van der Waals surface area contributed by atoms with Crippen LogP contribution < -0.4 is 5.32 Å². The van der Waals surface area contributed by atoms with Crippen LogP contribution in [0, 0.1) is 0 Å². The number of nitrogens with zero attached hydrogens (tertiary/aromatic N) is 1. The average Bonchev–Trinajstić information content (AvgIpc) is 2.19.